The molecule has 5 rings (SSSR count). The van der Waals surface area contributed by atoms with Crippen LogP contribution in [0.15, 0.2) is 48.5 Å². The summed E-state index contributed by atoms with van der Waals surface area (Å²) in [5.41, 5.74) is 4.10. The lowest BCUT2D eigenvalue weighted by atomic mass is 9.79. The number of fused-ring (bicyclic) bond motifs is 3. The van der Waals surface area contributed by atoms with Crippen LogP contribution in [0.25, 0.3) is 11.1 Å². The Labute approximate surface area is 205 Å². The molecule has 3 N–H and O–H groups in total. The summed E-state index contributed by atoms with van der Waals surface area (Å²) in [4.78, 5) is 36.7. The first-order valence-corrected chi connectivity index (χ1v) is 12.6. The monoisotopic (exact) mass is 476 g/mol. The molecule has 35 heavy (non-hydrogen) atoms. The quantitative estimate of drug-likeness (QED) is 0.522. The van der Waals surface area contributed by atoms with E-state index in [4.69, 9.17) is 4.74 Å². The van der Waals surface area contributed by atoms with Gasteiger partial charge >= 0.3 is 12.1 Å². The number of alkyl carbamates (subject to hydrolysis) is 1. The van der Waals surface area contributed by atoms with Gasteiger partial charge in [0.15, 0.2) is 0 Å². The third-order valence-electron chi connectivity index (χ3n) is 7.85. The Balaban J connectivity index is 1.12. The van der Waals surface area contributed by atoms with Gasteiger partial charge in [-0.15, -0.1) is 0 Å². The smallest absolute Gasteiger partial charge is 0.407 e. The number of aliphatic carboxylic acids is 1. The fourth-order valence-electron chi connectivity index (χ4n) is 5.74. The highest BCUT2D eigenvalue weighted by molar-refractivity contribution is 5.80. The van der Waals surface area contributed by atoms with Crippen molar-refractivity contribution in [1.82, 2.24) is 10.6 Å². The summed E-state index contributed by atoms with van der Waals surface area (Å²) in [6.45, 7) is 0.608. The van der Waals surface area contributed by atoms with Gasteiger partial charge in [0.2, 0.25) is 5.91 Å². The largest absolute Gasteiger partial charge is 0.481 e. The maximum Gasteiger partial charge on any atom is 0.407 e. The molecule has 0 aliphatic heterocycles. The van der Waals surface area contributed by atoms with Gasteiger partial charge in [-0.25, -0.2) is 4.79 Å². The van der Waals surface area contributed by atoms with E-state index in [2.05, 4.69) is 34.9 Å². The van der Waals surface area contributed by atoms with Crippen LogP contribution in [-0.2, 0) is 14.3 Å². The van der Waals surface area contributed by atoms with Gasteiger partial charge in [-0.05, 0) is 53.9 Å². The van der Waals surface area contributed by atoms with Gasteiger partial charge in [0.1, 0.15) is 6.61 Å². The molecular weight excluding hydrogens is 444 g/mol. The molecule has 0 spiro atoms. The van der Waals surface area contributed by atoms with Gasteiger partial charge < -0.3 is 20.5 Å². The van der Waals surface area contributed by atoms with Crippen LogP contribution in [0.5, 0.6) is 0 Å². The molecule has 2 fully saturated rings. The number of carboxylic acids is 1. The zero-order chi connectivity index (χ0) is 24.4. The minimum atomic E-state index is -0.778. The summed E-state index contributed by atoms with van der Waals surface area (Å²) in [7, 11) is 0. The van der Waals surface area contributed by atoms with Crippen LogP contribution in [0.4, 0.5) is 4.79 Å². The summed E-state index contributed by atoms with van der Waals surface area (Å²) in [5.74, 6) is -1.37. The minimum Gasteiger partial charge on any atom is -0.481 e. The second-order valence-corrected chi connectivity index (χ2v) is 10.2. The number of nitrogens with one attached hydrogen (secondary N) is 2. The molecule has 0 aromatic heterocycles. The molecule has 2 aromatic rings. The fraction of sp³-hybridized carbons (Fsp3) is 0.464. The molecule has 3 aliphatic carbocycles. The van der Waals surface area contributed by atoms with Crippen molar-refractivity contribution in [1.29, 1.82) is 0 Å². The van der Waals surface area contributed by atoms with Crippen LogP contribution >= 0.6 is 0 Å². The number of rotatable bonds is 8. The Kier molecular flexibility index (Phi) is 6.50. The van der Waals surface area contributed by atoms with Crippen molar-refractivity contribution in [3.8, 4) is 11.1 Å². The van der Waals surface area contributed by atoms with E-state index in [9.17, 15) is 19.5 Å². The Morgan fingerprint density at radius 1 is 0.943 bits per heavy atom. The van der Waals surface area contributed by atoms with Crippen LogP contribution in [0, 0.1) is 11.8 Å². The van der Waals surface area contributed by atoms with Crippen molar-refractivity contribution in [3.63, 3.8) is 0 Å². The van der Waals surface area contributed by atoms with Crippen molar-refractivity contribution < 1.29 is 24.2 Å². The maximum absolute atomic E-state index is 12.7. The number of benzene rings is 2. The highest BCUT2D eigenvalue weighted by Crippen LogP contribution is 2.44. The predicted octanol–water partition coefficient (Wildman–Crippen LogP) is 4.46. The lowest BCUT2D eigenvalue weighted by Crippen LogP contribution is -2.43. The second-order valence-electron chi connectivity index (χ2n) is 10.2. The van der Waals surface area contributed by atoms with E-state index in [0.29, 0.717) is 13.0 Å². The van der Waals surface area contributed by atoms with E-state index in [1.54, 1.807) is 0 Å². The molecule has 2 saturated carbocycles. The molecule has 2 amide bonds. The number of amides is 2. The van der Waals surface area contributed by atoms with Gasteiger partial charge in [0, 0.05) is 18.9 Å². The molecule has 0 saturated heterocycles. The first-order valence-electron chi connectivity index (χ1n) is 12.6. The van der Waals surface area contributed by atoms with E-state index >= 15 is 0 Å². The van der Waals surface area contributed by atoms with E-state index < -0.39 is 23.5 Å². The summed E-state index contributed by atoms with van der Waals surface area (Å²) in [6, 6.07) is 16.4. The molecule has 7 nitrogen and oxygen atoms in total. The van der Waals surface area contributed by atoms with Crippen molar-refractivity contribution in [2.45, 2.75) is 56.4 Å². The third kappa shape index (κ3) is 5.04. The van der Waals surface area contributed by atoms with E-state index in [0.717, 1.165) is 43.2 Å². The normalized spacial score (nSPS) is 21.9. The predicted molar refractivity (Wildman–Crippen MR) is 131 cm³/mol. The first-order chi connectivity index (χ1) is 17.0. The highest BCUT2D eigenvalue weighted by Gasteiger charge is 2.46. The van der Waals surface area contributed by atoms with E-state index in [1.807, 2.05) is 24.3 Å². The summed E-state index contributed by atoms with van der Waals surface area (Å²) in [6.07, 6.45) is 4.55. The third-order valence-corrected chi connectivity index (χ3v) is 7.85. The molecule has 0 heterocycles. The van der Waals surface area contributed by atoms with Crippen LogP contribution in [0.2, 0.25) is 0 Å². The van der Waals surface area contributed by atoms with Crippen molar-refractivity contribution >= 4 is 18.0 Å². The molecule has 2 unspecified atom stereocenters. The van der Waals surface area contributed by atoms with Crippen LogP contribution in [0.1, 0.15) is 62.0 Å². The topological polar surface area (TPSA) is 105 Å². The molecule has 184 valence electrons. The number of ether oxygens (including phenoxy) is 1. The van der Waals surface area contributed by atoms with Crippen molar-refractivity contribution in [3.05, 3.63) is 59.7 Å². The highest BCUT2D eigenvalue weighted by atomic mass is 16.5. The van der Waals surface area contributed by atoms with Crippen LogP contribution < -0.4 is 10.6 Å². The minimum absolute atomic E-state index is 0.00993. The van der Waals surface area contributed by atoms with Gasteiger partial charge in [0.25, 0.3) is 0 Å². The summed E-state index contributed by atoms with van der Waals surface area (Å²) in [5, 5.41) is 15.3. The number of carbonyl (C=O) groups is 3. The molecule has 7 heteroatoms. The van der Waals surface area contributed by atoms with Crippen molar-refractivity contribution in [2.75, 3.05) is 13.2 Å². The Bertz CT molecular complexity index is 1080. The van der Waals surface area contributed by atoms with Crippen LogP contribution in [0.3, 0.4) is 0 Å². The summed E-state index contributed by atoms with van der Waals surface area (Å²) < 4.78 is 5.65. The Morgan fingerprint density at radius 2 is 1.57 bits per heavy atom. The SMILES string of the molecule is O=C(CC1(NC(=O)OCC2c3ccccc3-c3ccccc32)CC1)NCC1CCCCC1C(=O)O. The van der Waals surface area contributed by atoms with E-state index in [1.165, 1.54) is 11.1 Å². The average molecular weight is 477 g/mol. The molecular formula is C28H32N2O5. The Morgan fingerprint density at radius 3 is 2.20 bits per heavy atom. The standard InChI is InChI=1S/C28H32N2O5/c31-25(29-16-18-7-1-2-8-19(18)26(32)33)15-28(13-14-28)30-27(34)35-17-24-22-11-5-3-9-20(22)21-10-4-6-12-23(21)24/h3-6,9-12,18-19,24H,1-2,7-8,13-17H2,(H,29,31)(H,30,34)(H,32,33). The Hall–Kier alpha value is -3.35. The molecule has 0 bridgehead atoms. The number of carbonyl (C=O) groups excluding carboxylic acids is 2. The number of hydrogen-bond donors (Lipinski definition) is 3. The van der Waals surface area contributed by atoms with Gasteiger partial charge in [-0.2, -0.15) is 0 Å². The molecule has 2 aromatic carbocycles. The van der Waals surface area contributed by atoms with Gasteiger partial charge in [0.05, 0.1) is 11.5 Å². The van der Waals surface area contributed by atoms with Crippen LogP contribution in [-0.4, -0.2) is 41.8 Å². The average Bonchev–Trinajstić information content (AvgIpc) is 3.53. The molecule has 2 atom stereocenters. The lowest BCUT2D eigenvalue weighted by Gasteiger charge is -2.28. The fourth-order valence-corrected chi connectivity index (χ4v) is 5.74. The maximum atomic E-state index is 12.7. The number of hydrogen-bond acceptors (Lipinski definition) is 4. The van der Waals surface area contributed by atoms with Gasteiger partial charge in [-0.1, -0.05) is 61.4 Å². The lowest BCUT2D eigenvalue weighted by molar-refractivity contribution is -0.145. The number of carboxylic acid groups (broad SMARTS) is 1. The first kappa shape index (κ1) is 23.4. The zero-order valence-electron chi connectivity index (χ0n) is 19.8. The molecule has 3 aliphatic rings. The zero-order valence-corrected chi connectivity index (χ0v) is 19.8. The van der Waals surface area contributed by atoms with Crippen molar-refractivity contribution in [2.24, 2.45) is 11.8 Å². The second kappa shape index (κ2) is 9.72. The van der Waals surface area contributed by atoms with E-state index in [-0.39, 0.29) is 30.8 Å². The molecule has 0 radical (unpaired) electrons. The van der Waals surface area contributed by atoms with Gasteiger partial charge in [-0.3, -0.25) is 9.59 Å². The summed E-state index contributed by atoms with van der Waals surface area (Å²) >= 11 is 0.